The normalized spacial score (nSPS) is 10.8. The van der Waals surface area contributed by atoms with Crippen molar-refractivity contribution in [3.63, 3.8) is 0 Å². The standard InChI is InChI=1S/C20H22N6O3/c1-12(2)18-23-24-25-26(18)17-9-8-16(10-13(17)3)22-20(29)21-11-14-4-6-15(7-5-14)19(27)28/h4-10,12H,11H2,1-3H3,(H,27,28)(H2,21,22,29). The van der Waals surface area contributed by atoms with Gasteiger partial charge in [0.1, 0.15) is 0 Å². The molecule has 0 atom stereocenters. The topological polar surface area (TPSA) is 122 Å². The van der Waals surface area contributed by atoms with E-state index < -0.39 is 5.97 Å². The summed E-state index contributed by atoms with van der Waals surface area (Å²) in [5.41, 5.74) is 3.42. The zero-order valence-corrected chi connectivity index (χ0v) is 16.4. The molecule has 0 spiro atoms. The van der Waals surface area contributed by atoms with Gasteiger partial charge in [-0.15, -0.1) is 5.10 Å². The summed E-state index contributed by atoms with van der Waals surface area (Å²) in [7, 11) is 0. The number of aryl methyl sites for hydroxylation is 1. The first kappa shape index (κ1) is 20.0. The zero-order valence-electron chi connectivity index (χ0n) is 16.4. The SMILES string of the molecule is Cc1cc(NC(=O)NCc2ccc(C(=O)O)cc2)ccc1-n1nnnc1C(C)C. The Kier molecular flexibility index (Phi) is 5.87. The van der Waals surface area contributed by atoms with Gasteiger partial charge in [-0.2, -0.15) is 4.68 Å². The van der Waals surface area contributed by atoms with Crippen molar-refractivity contribution < 1.29 is 14.7 Å². The molecule has 0 saturated carbocycles. The second-order valence-electron chi connectivity index (χ2n) is 6.91. The van der Waals surface area contributed by atoms with E-state index in [-0.39, 0.29) is 24.1 Å². The van der Waals surface area contributed by atoms with Gasteiger partial charge in [0.05, 0.1) is 11.3 Å². The minimum atomic E-state index is -0.983. The summed E-state index contributed by atoms with van der Waals surface area (Å²) < 4.78 is 1.70. The fourth-order valence-corrected chi connectivity index (χ4v) is 2.82. The lowest BCUT2D eigenvalue weighted by atomic mass is 10.1. The molecule has 0 aliphatic carbocycles. The van der Waals surface area contributed by atoms with Crippen LogP contribution < -0.4 is 10.6 Å². The van der Waals surface area contributed by atoms with Crippen LogP contribution in [0.1, 0.15) is 47.1 Å². The third kappa shape index (κ3) is 4.75. The molecule has 150 valence electrons. The number of urea groups is 1. The van der Waals surface area contributed by atoms with Crippen molar-refractivity contribution >= 4 is 17.7 Å². The van der Waals surface area contributed by atoms with E-state index in [9.17, 15) is 9.59 Å². The number of tetrazole rings is 1. The van der Waals surface area contributed by atoms with Crippen LogP contribution in [0, 0.1) is 6.92 Å². The van der Waals surface area contributed by atoms with Gasteiger partial charge in [0, 0.05) is 18.2 Å². The van der Waals surface area contributed by atoms with Crippen LogP contribution in [-0.4, -0.2) is 37.3 Å². The van der Waals surface area contributed by atoms with E-state index in [1.807, 2.05) is 32.9 Å². The molecule has 0 fully saturated rings. The molecule has 1 heterocycles. The number of anilines is 1. The van der Waals surface area contributed by atoms with Crippen LogP contribution in [0.15, 0.2) is 42.5 Å². The summed E-state index contributed by atoms with van der Waals surface area (Å²) in [6, 6.07) is 11.5. The number of carboxylic acids is 1. The average Bonchev–Trinajstić information content (AvgIpc) is 3.16. The number of benzene rings is 2. The molecule has 3 N–H and O–H groups in total. The first-order valence-electron chi connectivity index (χ1n) is 9.11. The number of aromatic nitrogens is 4. The molecule has 3 aromatic rings. The lowest BCUT2D eigenvalue weighted by molar-refractivity contribution is 0.0697. The Bertz CT molecular complexity index is 1030. The molecular weight excluding hydrogens is 372 g/mol. The fourth-order valence-electron chi connectivity index (χ4n) is 2.82. The molecule has 2 amide bonds. The fraction of sp³-hybridized carbons (Fsp3) is 0.250. The van der Waals surface area contributed by atoms with Gasteiger partial charge in [0.2, 0.25) is 0 Å². The molecular formula is C20H22N6O3. The molecule has 0 aliphatic rings. The molecule has 29 heavy (non-hydrogen) atoms. The molecule has 1 aromatic heterocycles. The molecule has 3 rings (SSSR count). The van der Waals surface area contributed by atoms with Gasteiger partial charge in [0.25, 0.3) is 0 Å². The van der Waals surface area contributed by atoms with Gasteiger partial charge in [-0.1, -0.05) is 26.0 Å². The van der Waals surface area contributed by atoms with Crippen molar-refractivity contribution in [3.05, 3.63) is 65.0 Å². The van der Waals surface area contributed by atoms with Gasteiger partial charge in [-0.3, -0.25) is 0 Å². The number of carbonyl (C=O) groups is 2. The number of carbonyl (C=O) groups excluding carboxylic acids is 1. The van der Waals surface area contributed by atoms with Gasteiger partial charge >= 0.3 is 12.0 Å². The minimum Gasteiger partial charge on any atom is -0.478 e. The van der Waals surface area contributed by atoms with Gasteiger partial charge in [-0.05, 0) is 58.8 Å². The van der Waals surface area contributed by atoms with Gasteiger partial charge in [0.15, 0.2) is 5.82 Å². The highest BCUT2D eigenvalue weighted by atomic mass is 16.4. The van der Waals surface area contributed by atoms with E-state index in [0.29, 0.717) is 5.69 Å². The summed E-state index contributed by atoms with van der Waals surface area (Å²) in [5.74, 6) is -0.0405. The highest BCUT2D eigenvalue weighted by Gasteiger charge is 2.14. The number of nitrogens with one attached hydrogen (secondary N) is 2. The summed E-state index contributed by atoms with van der Waals surface area (Å²) in [6.45, 7) is 6.25. The first-order valence-corrected chi connectivity index (χ1v) is 9.11. The van der Waals surface area contributed by atoms with Gasteiger partial charge in [-0.25, -0.2) is 9.59 Å². The van der Waals surface area contributed by atoms with Crippen LogP contribution in [0.4, 0.5) is 10.5 Å². The van der Waals surface area contributed by atoms with Crippen molar-refractivity contribution in [3.8, 4) is 5.69 Å². The number of nitrogens with zero attached hydrogens (tertiary/aromatic N) is 4. The Balaban J connectivity index is 1.63. The predicted molar refractivity (Wildman–Crippen MR) is 107 cm³/mol. The highest BCUT2D eigenvalue weighted by molar-refractivity contribution is 5.89. The molecule has 0 saturated heterocycles. The largest absolute Gasteiger partial charge is 0.478 e. The number of amides is 2. The zero-order chi connectivity index (χ0) is 21.0. The van der Waals surface area contributed by atoms with E-state index in [1.54, 1.807) is 22.9 Å². The number of aromatic carboxylic acids is 1. The Morgan fingerprint density at radius 1 is 1.14 bits per heavy atom. The lowest BCUT2D eigenvalue weighted by Crippen LogP contribution is -2.28. The third-order valence-corrected chi connectivity index (χ3v) is 4.35. The third-order valence-electron chi connectivity index (χ3n) is 4.35. The summed E-state index contributed by atoms with van der Waals surface area (Å²) >= 11 is 0. The van der Waals surface area contributed by atoms with Crippen LogP contribution >= 0.6 is 0 Å². The second kappa shape index (κ2) is 8.51. The molecule has 0 bridgehead atoms. The van der Waals surface area contributed by atoms with Crippen LogP contribution in [0.5, 0.6) is 0 Å². The van der Waals surface area contributed by atoms with Crippen molar-refractivity contribution in [2.45, 2.75) is 33.2 Å². The average molecular weight is 394 g/mol. The molecule has 0 radical (unpaired) electrons. The molecule has 9 heteroatoms. The first-order chi connectivity index (χ1) is 13.8. The van der Waals surface area contributed by atoms with Crippen LogP contribution in [-0.2, 0) is 6.54 Å². The van der Waals surface area contributed by atoms with Crippen molar-refractivity contribution in [1.29, 1.82) is 0 Å². The Morgan fingerprint density at radius 3 is 2.48 bits per heavy atom. The lowest BCUT2D eigenvalue weighted by Gasteiger charge is -2.12. The molecule has 9 nitrogen and oxygen atoms in total. The molecule has 0 unspecified atom stereocenters. The highest BCUT2D eigenvalue weighted by Crippen LogP contribution is 2.21. The van der Waals surface area contributed by atoms with E-state index in [2.05, 4.69) is 26.2 Å². The van der Waals surface area contributed by atoms with E-state index >= 15 is 0 Å². The predicted octanol–water partition coefficient (Wildman–Crippen LogP) is 3.11. The maximum Gasteiger partial charge on any atom is 0.335 e. The number of rotatable bonds is 6. The summed E-state index contributed by atoms with van der Waals surface area (Å²) in [6.07, 6.45) is 0. The van der Waals surface area contributed by atoms with E-state index in [0.717, 1.165) is 22.6 Å². The maximum atomic E-state index is 12.2. The number of hydrogen-bond donors (Lipinski definition) is 3. The Hall–Kier alpha value is -3.75. The minimum absolute atomic E-state index is 0.178. The van der Waals surface area contributed by atoms with Crippen molar-refractivity contribution in [1.82, 2.24) is 25.5 Å². The van der Waals surface area contributed by atoms with Crippen LogP contribution in [0.3, 0.4) is 0 Å². The molecule has 2 aromatic carbocycles. The smallest absolute Gasteiger partial charge is 0.335 e. The van der Waals surface area contributed by atoms with Crippen LogP contribution in [0.25, 0.3) is 5.69 Å². The number of hydrogen-bond acceptors (Lipinski definition) is 5. The van der Waals surface area contributed by atoms with Crippen molar-refractivity contribution in [2.24, 2.45) is 0 Å². The summed E-state index contributed by atoms with van der Waals surface area (Å²) in [5, 5.41) is 26.3. The van der Waals surface area contributed by atoms with E-state index in [4.69, 9.17) is 5.11 Å². The Labute approximate surface area is 167 Å². The number of carboxylic acid groups (broad SMARTS) is 1. The quantitative estimate of drug-likeness (QED) is 0.590. The van der Waals surface area contributed by atoms with Gasteiger partial charge < -0.3 is 15.7 Å². The monoisotopic (exact) mass is 394 g/mol. The summed E-state index contributed by atoms with van der Waals surface area (Å²) in [4.78, 5) is 23.0. The Morgan fingerprint density at radius 2 is 1.86 bits per heavy atom. The van der Waals surface area contributed by atoms with Crippen LogP contribution in [0.2, 0.25) is 0 Å². The van der Waals surface area contributed by atoms with E-state index in [1.165, 1.54) is 12.1 Å². The van der Waals surface area contributed by atoms with Crippen molar-refractivity contribution in [2.75, 3.05) is 5.32 Å². The maximum absolute atomic E-state index is 12.2. The molecule has 0 aliphatic heterocycles. The second-order valence-corrected chi connectivity index (χ2v) is 6.91.